The predicted octanol–water partition coefficient (Wildman–Crippen LogP) is 3.44. The Morgan fingerprint density at radius 2 is 2.00 bits per heavy atom. The Labute approximate surface area is 168 Å². The van der Waals surface area contributed by atoms with Crippen LogP contribution in [0.2, 0.25) is 0 Å². The summed E-state index contributed by atoms with van der Waals surface area (Å²) in [6, 6.07) is 4.66. The number of halogens is 4. The first-order valence-corrected chi connectivity index (χ1v) is 8.43. The molecule has 1 heterocycles. The number of alkyl halides is 3. The first kappa shape index (κ1) is 22.8. The summed E-state index contributed by atoms with van der Waals surface area (Å²) in [5.41, 5.74) is -0.686. The lowest BCUT2D eigenvalue weighted by Gasteiger charge is -2.13. The number of nitrogens with zero attached hydrogens (tertiary/aromatic N) is 1. The number of benzene rings is 1. The summed E-state index contributed by atoms with van der Waals surface area (Å²) >= 11 is 0. The largest absolute Gasteiger partial charge is 0.492 e. The zero-order valence-electron chi connectivity index (χ0n) is 14.6. The van der Waals surface area contributed by atoms with Crippen LogP contribution in [0.4, 0.5) is 13.2 Å². The van der Waals surface area contributed by atoms with E-state index in [-0.39, 0.29) is 30.1 Å². The number of guanidine groups is 1. The predicted molar refractivity (Wildman–Crippen MR) is 105 cm³/mol. The molecule has 1 aromatic carbocycles. The maximum atomic E-state index is 12.5. The molecule has 2 rings (SSSR count). The van der Waals surface area contributed by atoms with Gasteiger partial charge in [-0.2, -0.15) is 13.2 Å². The van der Waals surface area contributed by atoms with Crippen LogP contribution in [-0.4, -0.2) is 44.9 Å². The van der Waals surface area contributed by atoms with Crippen molar-refractivity contribution in [2.45, 2.75) is 32.0 Å². The molecular weight excluding hydrogens is 462 g/mol. The van der Waals surface area contributed by atoms with Crippen LogP contribution in [0.3, 0.4) is 0 Å². The van der Waals surface area contributed by atoms with Crippen molar-refractivity contribution in [2.24, 2.45) is 4.99 Å². The average Bonchev–Trinajstić information content (AvgIpc) is 3.09. The van der Waals surface area contributed by atoms with Gasteiger partial charge in [-0.3, -0.25) is 4.99 Å². The quantitative estimate of drug-likeness (QED) is 0.268. The molecule has 1 aliphatic heterocycles. The maximum absolute atomic E-state index is 12.5. The Hall–Kier alpha value is -1.23. The van der Waals surface area contributed by atoms with Crippen molar-refractivity contribution in [3.63, 3.8) is 0 Å². The molecule has 2 N–H and O–H groups in total. The monoisotopic (exact) mass is 487 g/mol. The zero-order valence-corrected chi connectivity index (χ0v) is 17.0. The lowest BCUT2D eigenvalue weighted by molar-refractivity contribution is -0.137. The molecule has 0 bridgehead atoms. The van der Waals surface area contributed by atoms with Gasteiger partial charge < -0.3 is 20.1 Å². The van der Waals surface area contributed by atoms with E-state index >= 15 is 0 Å². The topological polar surface area (TPSA) is 54.9 Å². The molecule has 1 fully saturated rings. The molecule has 9 heteroatoms. The minimum absolute atomic E-state index is 0. The Morgan fingerprint density at radius 1 is 1.27 bits per heavy atom. The fourth-order valence-corrected chi connectivity index (χ4v) is 2.40. The van der Waals surface area contributed by atoms with Crippen molar-refractivity contribution in [2.75, 3.05) is 32.8 Å². The Kier molecular flexibility index (Phi) is 10.1. The number of nitrogens with one attached hydrogen (secondary N) is 2. The summed E-state index contributed by atoms with van der Waals surface area (Å²) in [6.07, 6.45) is -2.05. The molecule has 0 aromatic heterocycles. The maximum Gasteiger partial charge on any atom is 0.416 e. The first-order chi connectivity index (χ1) is 12.0. The van der Waals surface area contributed by atoms with E-state index in [9.17, 15) is 13.2 Å². The first-order valence-electron chi connectivity index (χ1n) is 8.43. The van der Waals surface area contributed by atoms with Gasteiger partial charge in [0.2, 0.25) is 0 Å². The third-order valence-corrected chi connectivity index (χ3v) is 3.67. The fourth-order valence-electron chi connectivity index (χ4n) is 2.40. The average molecular weight is 487 g/mol. The van der Waals surface area contributed by atoms with Gasteiger partial charge in [0.15, 0.2) is 5.96 Å². The number of hydrogen-bond acceptors (Lipinski definition) is 3. The van der Waals surface area contributed by atoms with Gasteiger partial charge in [0.25, 0.3) is 0 Å². The third kappa shape index (κ3) is 7.98. The summed E-state index contributed by atoms with van der Waals surface area (Å²) in [5.74, 6) is 1.07. The highest BCUT2D eigenvalue weighted by molar-refractivity contribution is 14.0. The second kappa shape index (κ2) is 11.5. The lowest BCUT2D eigenvalue weighted by atomic mass is 10.2. The van der Waals surface area contributed by atoms with Gasteiger partial charge in [0.05, 0.1) is 24.8 Å². The van der Waals surface area contributed by atoms with Crippen LogP contribution in [0.15, 0.2) is 29.3 Å². The van der Waals surface area contributed by atoms with Gasteiger partial charge in [-0.25, -0.2) is 0 Å². The third-order valence-electron chi connectivity index (χ3n) is 3.67. The molecule has 1 aromatic rings. The Balaban J connectivity index is 0.00000338. The highest BCUT2D eigenvalue weighted by atomic mass is 127. The molecule has 1 atom stereocenters. The molecule has 0 saturated carbocycles. The summed E-state index contributed by atoms with van der Waals surface area (Å²) in [5, 5.41) is 6.26. The van der Waals surface area contributed by atoms with Gasteiger partial charge in [-0.1, -0.05) is 0 Å². The number of hydrogen-bond donors (Lipinski definition) is 2. The van der Waals surface area contributed by atoms with Crippen LogP contribution in [0.25, 0.3) is 0 Å². The van der Waals surface area contributed by atoms with E-state index in [1.54, 1.807) is 0 Å². The van der Waals surface area contributed by atoms with E-state index in [1.165, 1.54) is 12.1 Å². The van der Waals surface area contributed by atoms with Crippen molar-refractivity contribution in [3.05, 3.63) is 29.8 Å². The molecule has 0 aliphatic carbocycles. The van der Waals surface area contributed by atoms with Crippen LogP contribution < -0.4 is 15.4 Å². The molecule has 0 radical (unpaired) electrons. The van der Waals surface area contributed by atoms with Gasteiger partial charge in [-0.05, 0) is 44.0 Å². The summed E-state index contributed by atoms with van der Waals surface area (Å²) in [7, 11) is 0. The molecule has 1 saturated heterocycles. The van der Waals surface area contributed by atoms with Crippen molar-refractivity contribution in [3.8, 4) is 5.75 Å². The van der Waals surface area contributed by atoms with Crippen LogP contribution >= 0.6 is 24.0 Å². The molecule has 5 nitrogen and oxygen atoms in total. The molecule has 0 spiro atoms. The normalized spacial score (nSPS) is 17.5. The molecule has 1 aliphatic rings. The fraction of sp³-hybridized carbons (Fsp3) is 0.588. The van der Waals surface area contributed by atoms with Crippen LogP contribution in [-0.2, 0) is 10.9 Å². The minimum atomic E-state index is -4.33. The van der Waals surface area contributed by atoms with Crippen LogP contribution in [0.5, 0.6) is 5.75 Å². The van der Waals surface area contributed by atoms with E-state index in [2.05, 4.69) is 15.6 Å². The second-order valence-electron chi connectivity index (χ2n) is 5.65. The second-order valence-corrected chi connectivity index (χ2v) is 5.65. The van der Waals surface area contributed by atoms with Crippen LogP contribution in [0.1, 0.15) is 25.3 Å². The van der Waals surface area contributed by atoms with E-state index in [0.717, 1.165) is 38.1 Å². The van der Waals surface area contributed by atoms with Crippen molar-refractivity contribution in [1.82, 2.24) is 10.6 Å². The number of ether oxygens (including phenoxy) is 2. The summed E-state index contributed by atoms with van der Waals surface area (Å²) in [6.45, 7) is 4.91. The SMILES string of the molecule is CCNC(=NCC1CCCO1)NCCOc1ccc(C(F)(F)F)cc1.I. The minimum Gasteiger partial charge on any atom is -0.492 e. The van der Waals surface area contributed by atoms with E-state index in [4.69, 9.17) is 9.47 Å². The van der Waals surface area contributed by atoms with Crippen molar-refractivity contribution in [1.29, 1.82) is 0 Å². The lowest BCUT2D eigenvalue weighted by Crippen LogP contribution is -2.39. The number of aliphatic imine (C=N–C) groups is 1. The van der Waals surface area contributed by atoms with Gasteiger partial charge in [0.1, 0.15) is 12.4 Å². The van der Waals surface area contributed by atoms with E-state index in [1.807, 2.05) is 6.92 Å². The van der Waals surface area contributed by atoms with E-state index in [0.29, 0.717) is 31.4 Å². The molecule has 26 heavy (non-hydrogen) atoms. The Morgan fingerprint density at radius 3 is 2.58 bits per heavy atom. The molecule has 0 amide bonds. The smallest absolute Gasteiger partial charge is 0.416 e. The summed E-state index contributed by atoms with van der Waals surface area (Å²) < 4.78 is 48.5. The molecule has 1 unspecified atom stereocenters. The van der Waals surface area contributed by atoms with Crippen molar-refractivity contribution < 1.29 is 22.6 Å². The summed E-state index contributed by atoms with van der Waals surface area (Å²) in [4.78, 5) is 4.47. The molecule has 148 valence electrons. The van der Waals surface area contributed by atoms with Crippen molar-refractivity contribution >= 4 is 29.9 Å². The zero-order chi connectivity index (χ0) is 18.1. The van der Waals surface area contributed by atoms with Crippen LogP contribution in [0, 0.1) is 0 Å². The molecular formula is C17H25F3IN3O2. The van der Waals surface area contributed by atoms with Gasteiger partial charge in [0, 0.05) is 13.2 Å². The van der Waals surface area contributed by atoms with E-state index < -0.39 is 11.7 Å². The Bertz CT molecular complexity index is 547. The standard InChI is InChI=1S/C17H24F3N3O2.HI/c1-2-21-16(23-12-15-4-3-10-24-15)22-9-11-25-14-7-5-13(6-8-14)17(18,19)20;/h5-8,15H,2-4,9-12H2,1H3,(H2,21,22,23);1H. The highest BCUT2D eigenvalue weighted by Gasteiger charge is 2.29. The van der Waals surface area contributed by atoms with Gasteiger partial charge >= 0.3 is 6.18 Å². The highest BCUT2D eigenvalue weighted by Crippen LogP contribution is 2.30. The van der Waals surface area contributed by atoms with Gasteiger partial charge in [-0.15, -0.1) is 24.0 Å². The number of rotatable bonds is 7.